The fourth-order valence-electron chi connectivity index (χ4n) is 1.68. The second-order valence-electron chi connectivity index (χ2n) is 4.48. The van der Waals surface area contributed by atoms with Gasteiger partial charge in [-0.1, -0.05) is 46.4 Å². The van der Waals surface area contributed by atoms with Crippen molar-refractivity contribution in [3.8, 4) is 5.75 Å². The van der Waals surface area contributed by atoms with Crippen LogP contribution in [0.5, 0.6) is 5.75 Å². The van der Waals surface area contributed by atoms with Crippen molar-refractivity contribution in [1.82, 2.24) is 0 Å². The fourth-order valence-corrected chi connectivity index (χ4v) is 2.53. The number of amides is 1. The monoisotopic (exact) mass is 377 g/mol. The van der Waals surface area contributed by atoms with Crippen molar-refractivity contribution in [2.75, 3.05) is 5.32 Å². The zero-order valence-corrected chi connectivity index (χ0v) is 14.4. The SMILES string of the molecule is CC(Oc1cc(Cl)ccc1Cl)C(=O)Nc1cc(Cl)cc(Cl)c1. The van der Waals surface area contributed by atoms with Crippen molar-refractivity contribution in [1.29, 1.82) is 0 Å². The molecule has 22 heavy (non-hydrogen) atoms. The van der Waals surface area contributed by atoms with Crippen LogP contribution in [0.15, 0.2) is 36.4 Å². The number of anilines is 1. The van der Waals surface area contributed by atoms with Crippen molar-refractivity contribution in [2.45, 2.75) is 13.0 Å². The van der Waals surface area contributed by atoms with Crippen LogP contribution in [0.2, 0.25) is 20.1 Å². The predicted octanol–water partition coefficient (Wildman–Crippen LogP) is 5.71. The van der Waals surface area contributed by atoms with E-state index in [4.69, 9.17) is 51.1 Å². The zero-order chi connectivity index (χ0) is 16.3. The molecular weight excluding hydrogens is 368 g/mol. The molecule has 1 unspecified atom stereocenters. The van der Waals surface area contributed by atoms with E-state index in [1.807, 2.05) is 0 Å². The molecule has 0 bridgehead atoms. The van der Waals surface area contributed by atoms with Gasteiger partial charge in [-0.2, -0.15) is 0 Å². The highest BCUT2D eigenvalue weighted by molar-refractivity contribution is 6.35. The van der Waals surface area contributed by atoms with Gasteiger partial charge in [0.25, 0.3) is 5.91 Å². The van der Waals surface area contributed by atoms with Gasteiger partial charge in [0.05, 0.1) is 5.02 Å². The van der Waals surface area contributed by atoms with Crippen molar-refractivity contribution in [3.63, 3.8) is 0 Å². The second-order valence-corrected chi connectivity index (χ2v) is 6.20. The fraction of sp³-hybridized carbons (Fsp3) is 0.133. The molecule has 0 spiro atoms. The first-order valence-electron chi connectivity index (χ1n) is 6.24. The third-order valence-corrected chi connectivity index (χ3v) is 3.68. The minimum atomic E-state index is -0.784. The Labute approximate surface area is 148 Å². The summed E-state index contributed by atoms with van der Waals surface area (Å²) in [5.41, 5.74) is 0.482. The Morgan fingerprint density at radius 2 is 1.64 bits per heavy atom. The van der Waals surface area contributed by atoms with Gasteiger partial charge in [0.2, 0.25) is 0 Å². The molecule has 2 rings (SSSR count). The van der Waals surface area contributed by atoms with Crippen LogP contribution in [0.25, 0.3) is 0 Å². The van der Waals surface area contributed by atoms with Crippen LogP contribution >= 0.6 is 46.4 Å². The Morgan fingerprint density at radius 1 is 1.00 bits per heavy atom. The normalized spacial score (nSPS) is 11.9. The first kappa shape index (κ1) is 17.2. The van der Waals surface area contributed by atoms with Crippen LogP contribution in [0.3, 0.4) is 0 Å². The molecule has 1 atom stereocenters. The number of hydrogen-bond acceptors (Lipinski definition) is 2. The van der Waals surface area contributed by atoms with E-state index >= 15 is 0 Å². The Kier molecular flexibility index (Phi) is 5.81. The maximum absolute atomic E-state index is 12.1. The smallest absolute Gasteiger partial charge is 0.265 e. The minimum Gasteiger partial charge on any atom is -0.479 e. The van der Waals surface area contributed by atoms with Gasteiger partial charge in [0, 0.05) is 26.8 Å². The molecule has 0 aliphatic carbocycles. The topological polar surface area (TPSA) is 38.3 Å². The standard InChI is InChI=1S/C15H11Cl4NO2/c1-8(22-14-7-9(16)2-3-13(14)19)15(21)20-12-5-10(17)4-11(18)6-12/h2-8H,1H3,(H,20,21). The third-order valence-electron chi connectivity index (χ3n) is 2.70. The van der Waals surface area contributed by atoms with Gasteiger partial charge in [0.1, 0.15) is 5.75 Å². The van der Waals surface area contributed by atoms with Gasteiger partial charge in [-0.15, -0.1) is 0 Å². The summed E-state index contributed by atoms with van der Waals surface area (Å²) in [6.45, 7) is 1.60. The van der Waals surface area contributed by atoms with E-state index in [0.29, 0.717) is 31.5 Å². The molecule has 7 heteroatoms. The van der Waals surface area contributed by atoms with Gasteiger partial charge in [-0.3, -0.25) is 4.79 Å². The number of nitrogens with one attached hydrogen (secondary N) is 1. The van der Waals surface area contributed by atoms with E-state index in [1.165, 1.54) is 0 Å². The molecule has 2 aromatic rings. The second kappa shape index (κ2) is 7.42. The van der Waals surface area contributed by atoms with Gasteiger partial charge >= 0.3 is 0 Å². The van der Waals surface area contributed by atoms with E-state index in [-0.39, 0.29) is 5.91 Å². The van der Waals surface area contributed by atoms with Crippen molar-refractivity contribution >= 4 is 58.0 Å². The summed E-state index contributed by atoms with van der Waals surface area (Å²) < 4.78 is 5.53. The summed E-state index contributed by atoms with van der Waals surface area (Å²) >= 11 is 23.6. The van der Waals surface area contributed by atoms with Gasteiger partial charge in [0.15, 0.2) is 6.10 Å². The maximum Gasteiger partial charge on any atom is 0.265 e. The average molecular weight is 379 g/mol. The summed E-state index contributed by atoms with van der Waals surface area (Å²) in [5.74, 6) is -0.0321. The summed E-state index contributed by atoms with van der Waals surface area (Å²) in [5, 5.41) is 4.36. The number of rotatable bonds is 4. The quantitative estimate of drug-likeness (QED) is 0.740. The third kappa shape index (κ3) is 4.68. The summed E-state index contributed by atoms with van der Waals surface area (Å²) in [6.07, 6.45) is -0.784. The number of halogens is 4. The van der Waals surface area contributed by atoms with E-state index < -0.39 is 6.10 Å². The van der Waals surface area contributed by atoms with Crippen LogP contribution in [-0.4, -0.2) is 12.0 Å². The van der Waals surface area contributed by atoms with Gasteiger partial charge in [-0.05, 0) is 37.3 Å². The molecular formula is C15H11Cl4NO2. The lowest BCUT2D eigenvalue weighted by molar-refractivity contribution is -0.122. The molecule has 0 aromatic heterocycles. The first-order valence-corrected chi connectivity index (χ1v) is 7.75. The van der Waals surface area contributed by atoms with Crippen molar-refractivity contribution in [3.05, 3.63) is 56.5 Å². The van der Waals surface area contributed by atoms with E-state index in [0.717, 1.165) is 0 Å². The van der Waals surface area contributed by atoms with Crippen LogP contribution in [0.1, 0.15) is 6.92 Å². The number of ether oxygens (including phenoxy) is 1. The molecule has 0 aliphatic rings. The molecule has 0 fully saturated rings. The van der Waals surface area contributed by atoms with Crippen LogP contribution in [0.4, 0.5) is 5.69 Å². The molecule has 3 nitrogen and oxygen atoms in total. The molecule has 116 valence electrons. The number of carbonyl (C=O) groups excluding carboxylic acids is 1. The zero-order valence-electron chi connectivity index (χ0n) is 11.4. The van der Waals surface area contributed by atoms with Gasteiger partial charge in [-0.25, -0.2) is 0 Å². The van der Waals surface area contributed by atoms with Crippen LogP contribution < -0.4 is 10.1 Å². The first-order chi connectivity index (χ1) is 10.3. The molecule has 0 saturated heterocycles. The highest BCUT2D eigenvalue weighted by Gasteiger charge is 2.17. The van der Waals surface area contributed by atoms with Crippen molar-refractivity contribution in [2.24, 2.45) is 0 Å². The molecule has 1 N–H and O–H groups in total. The van der Waals surface area contributed by atoms with E-state index in [2.05, 4.69) is 5.32 Å². The largest absolute Gasteiger partial charge is 0.479 e. The van der Waals surface area contributed by atoms with Crippen LogP contribution in [-0.2, 0) is 4.79 Å². The Balaban J connectivity index is 2.07. The molecule has 0 radical (unpaired) electrons. The summed E-state index contributed by atoms with van der Waals surface area (Å²) in [4.78, 5) is 12.1. The lowest BCUT2D eigenvalue weighted by atomic mass is 10.3. The number of carbonyl (C=O) groups is 1. The number of benzene rings is 2. The van der Waals surface area contributed by atoms with Crippen molar-refractivity contribution < 1.29 is 9.53 Å². The molecule has 2 aromatic carbocycles. The lowest BCUT2D eigenvalue weighted by Crippen LogP contribution is -2.30. The number of hydrogen-bond donors (Lipinski definition) is 1. The van der Waals surface area contributed by atoms with E-state index in [1.54, 1.807) is 43.3 Å². The van der Waals surface area contributed by atoms with E-state index in [9.17, 15) is 4.79 Å². The highest BCUT2D eigenvalue weighted by atomic mass is 35.5. The molecule has 0 aliphatic heterocycles. The average Bonchev–Trinajstić information content (AvgIpc) is 2.41. The Morgan fingerprint density at radius 3 is 2.27 bits per heavy atom. The summed E-state index contributed by atoms with van der Waals surface area (Å²) in [6, 6.07) is 9.53. The summed E-state index contributed by atoms with van der Waals surface area (Å²) in [7, 11) is 0. The van der Waals surface area contributed by atoms with Crippen LogP contribution in [0, 0.1) is 0 Å². The Bertz CT molecular complexity index is 686. The molecule has 0 heterocycles. The molecule has 0 saturated carbocycles. The molecule has 1 amide bonds. The van der Waals surface area contributed by atoms with Gasteiger partial charge < -0.3 is 10.1 Å². The highest BCUT2D eigenvalue weighted by Crippen LogP contribution is 2.29. The Hall–Kier alpha value is -1.13. The predicted molar refractivity (Wildman–Crippen MR) is 91.6 cm³/mol. The lowest BCUT2D eigenvalue weighted by Gasteiger charge is -2.16. The minimum absolute atomic E-state index is 0.334. The maximum atomic E-state index is 12.1.